The Bertz CT molecular complexity index is 550. The highest BCUT2D eigenvalue weighted by Gasteiger charge is 2.38. The summed E-state index contributed by atoms with van der Waals surface area (Å²) in [4.78, 5) is 28.2. The molecule has 2 aliphatic rings. The summed E-state index contributed by atoms with van der Waals surface area (Å²) in [6.07, 6.45) is 8.34. The largest absolute Gasteiger partial charge is 0.355 e. The summed E-state index contributed by atoms with van der Waals surface area (Å²) in [5.41, 5.74) is 0. The third-order valence-corrected chi connectivity index (χ3v) is 5.55. The third kappa shape index (κ3) is 3.53. The van der Waals surface area contributed by atoms with Crippen LogP contribution in [0.2, 0.25) is 0 Å². The van der Waals surface area contributed by atoms with Crippen molar-refractivity contribution in [2.24, 2.45) is 11.8 Å². The van der Waals surface area contributed by atoms with Gasteiger partial charge in [-0.25, -0.2) is 4.98 Å². The Morgan fingerprint density at radius 3 is 2.75 bits per heavy atom. The number of nitrogens with zero attached hydrogens (tertiary/aromatic N) is 5. The lowest BCUT2D eigenvalue weighted by Crippen LogP contribution is -2.45. The summed E-state index contributed by atoms with van der Waals surface area (Å²) in [5.74, 6) is 1.88. The van der Waals surface area contributed by atoms with Crippen molar-refractivity contribution in [2.75, 3.05) is 45.2 Å². The number of hydrogen-bond donors (Lipinski definition) is 0. The lowest BCUT2D eigenvalue weighted by molar-refractivity contribution is -0.135. The van der Waals surface area contributed by atoms with Gasteiger partial charge in [0.2, 0.25) is 5.91 Å². The van der Waals surface area contributed by atoms with E-state index in [-0.39, 0.29) is 5.92 Å². The van der Waals surface area contributed by atoms with E-state index in [1.54, 1.807) is 18.6 Å². The highest BCUT2D eigenvalue weighted by Crippen LogP contribution is 2.28. The molecular weight excluding hydrogens is 302 g/mol. The van der Waals surface area contributed by atoms with Crippen molar-refractivity contribution in [2.45, 2.75) is 32.2 Å². The SMILES string of the molecule is CC[C@@H]1CN(C(=O)[C@@H]2CCCN(c3cnccn3)C2)C[C@@H]1N(C)C. The van der Waals surface area contributed by atoms with Crippen molar-refractivity contribution in [3.63, 3.8) is 0 Å². The van der Waals surface area contributed by atoms with E-state index in [1.807, 2.05) is 0 Å². The number of carbonyl (C=O) groups is 1. The molecule has 6 nitrogen and oxygen atoms in total. The Morgan fingerprint density at radius 2 is 2.12 bits per heavy atom. The molecule has 2 saturated heterocycles. The van der Waals surface area contributed by atoms with Crippen LogP contribution >= 0.6 is 0 Å². The van der Waals surface area contributed by atoms with Gasteiger partial charge in [0, 0.05) is 44.6 Å². The fourth-order valence-electron chi connectivity index (χ4n) is 4.12. The van der Waals surface area contributed by atoms with Gasteiger partial charge < -0.3 is 14.7 Å². The van der Waals surface area contributed by atoms with Gasteiger partial charge in [0.25, 0.3) is 0 Å². The van der Waals surface area contributed by atoms with Crippen LogP contribution in [0.1, 0.15) is 26.2 Å². The van der Waals surface area contributed by atoms with Crippen LogP contribution < -0.4 is 4.90 Å². The average molecular weight is 331 g/mol. The molecule has 0 radical (unpaired) electrons. The summed E-state index contributed by atoms with van der Waals surface area (Å²) < 4.78 is 0. The van der Waals surface area contributed by atoms with Crippen molar-refractivity contribution >= 4 is 11.7 Å². The topological polar surface area (TPSA) is 52.6 Å². The zero-order valence-corrected chi connectivity index (χ0v) is 15.1. The fourth-order valence-corrected chi connectivity index (χ4v) is 4.12. The smallest absolute Gasteiger partial charge is 0.227 e. The molecule has 0 saturated carbocycles. The predicted molar refractivity (Wildman–Crippen MR) is 94.8 cm³/mol. The molecule has 2 fully saturated rings. The number of aromatic nitrogens is 2. The number of rotatable bonds is 4. The summed E-state index contributed by atoms with van der Waals surface area (Å²) in [6, 6.07) is 0.485. The van der Waals surface area contributed by atoms with Crippen LogP contribution in [-0.2, 0) is 4.79 Å². The van der Waals surface area contributed by atoms with Crippen LogP contribution in [0, 0.1) is 11.8 Å². The van der Waals surface area contributed by atoms with E-state index < -0.39 is 0 Å². The standard InChI is InChI=1S/C18H29N5O/c1-4-14-11-23(13-16(14)21(2)3)18(24)15-6-5-9-22(12-15)17-10-19-7-8-20-17/h7-8,10,14-16H,4-6,9,11-13H2,1-3H3/t14-,15-,16+/m1/s1. The average Bonchev–Trinajstić information content (AvgIpc) is 3.06. The normalized spacial score (nSPS) is 27.8. The van der Waals surface area contributed by atoms with Crippen LogP contribution in [0.5, 0.6) is 0 Å². The molecule has 0 aliphatic carbocycles. The Morgan fingerprint density at radius 1 is 1.29 bits per heavy atom. The molecule has 3 rings (SSSR count). The minimum Gasteiger partial charge on any atom is -0.355 e. The van der Waals surface area contributed by atoms with Gasteiger partial charge in [0.05, 0.1) is 12.1 Å². The molecule has 2 aliphatic heterocycles. The first-order valence-electron chi connectivity index (χ1n) is 9.06. The van der Waals surface area contributed by atoms with Crippen LogP contribution in [-0.4, -0.2) is 72.0 Å². The van der Waals surface area contributed by atoms with Crippen LogP contribution in [0.3, 0.4) is 0 Å². The third-order valence-electron chi connectivity index (χ3n) is 5.55. The molecule has 0 unspecified atom stereocenters. The summed E-state index contributed by atoms with van der Waals surface area (Å²) in [6.45, 7) is 5.72. The molecule has 1 aromatic rings. The molecule has 132 valence electrons. The Kier molecular flexibility index (Phi) is 5.33. The summed E-state index contributed by atoms with van der Waals surface area (Å²) >= 11 is 0. The zero-order chi connectivity index (χ0) is 17.1. The first-order valence-corrected chi connectivity index (χ1v) is 9.06. The first kappa shape index (κ1) is 17.1. The molecule has 3 atom stereocenters. The van der Waals surface area contributed by atoms with E-state index >= 15 is 0 Å². The number of amides is 1. The molecular formula is C18H29N5O. The quantitative estimate of drug-likeness (QED) is 0.837. The highest BCUT2D eigenvalue weighted by atomic mass is 16.2. The van der Waals surface area contributed by atoms with Gasteiger partial charge in [-0.15, -0.1) is 0 Å². The minimum atomic E-state index is 0.0826. The zero-order valence-electron chi connectivity index (χ0n) is 15.1. The Hall–Kier alpha value is -1.69. The Labute approximate surface area is 144 Å². The number of likely N-dealkylation sites (N-methyl/N-ethyl adjacent to an activating group) is 1. The van der Waals surface area contributed by atoms with Crippen molar-refractivity contribution in [3.8, 4) is 0 Å². The van der Waals surface area contributed by atoms with Crippen LogP contribution in [0.25, 0.3) is 0 Å². The fraction of sp³-hybridized carbons (Fsp3) is 0.722. The Balaban J connectivity index is 1.65. The molecule has 24 heavy (non-hydrogen) atoms. The monoisotopic (exact) mass is 331 g/mol. The number of likely N-dealkylation sites (tertiary alicyclic amines) is 1. The predicted octanol–water partition coefficient (Wildman–Crippen LogP) is 1.49. The first-order chi connectivity index (χ1) is 11.6. The van der Waals surface area contributed by atoms with Gasteiger partial charge in [0.1, 0.15) is 5.82 Å². The van der Waals surface area contributed by atoms with Crippen molar-refractivity contribution in [1.82, 2.24) is 19.8 Å². The highest BCUT2D eigenvalue weighted by molar-refractivity contribution is 5.80. The summed E-state index contributed by atoms with van der Waals surface area (Å²) in [5, 5.41) is 0. The van der Waals surface area contributed by atoms with Gasteiger partial charge in [-0.3, -0.25) is 9.78 Å². The number of anilines is 1. The van der Waals surface area contributed by atoms with Crippen molar-refractivity contribution < 1.29 is 4.79 Å². The maximum atomic E-state index is 13.1. The molecule has 0 spiro atoms. The van der Waals surface area contributed by atoms with Gasteiger partial charge in [-0.05, 0) is 32.9 Å². The number of hydrogen-bond acceptors (Lipinski definition) is 5. The lowest BCUT2D eigenvalue weighted by atomic mass is 9.96. The molecule has 0 bridgehead atoms. The van der Waals surface area contributed by atoms with Gasteiger partial charge in [0.15, 0.2) is 0 Å². The van der Waals surface area contributed by atoms with Crippen molar-refractivity contribution in [1.29, 1.82) is 0 Å². The van der Waals surface area contributed by atoms with Gasteiger partial charge in [-0.1, -0.05) is 13.3 Å². The molecule has 0 aromatic carbocycles. The van der Waals surface area contributed by atoms with Crippen LogP contribution in [0.15, 0.2) is 18.6 Å². The van der Waals surface area contributed by atoms with E-state index in [4.69, 9.17) is 0 Å². The van der Waals surface area contributed by atoms with Gasteiger partial charge >= 0.3 is 0 Å². The van der Waals surface area contributed by atoms with E-state index in [1.165, 1.54) is 0 Å². The number of piperidine rings is 1. The minimum absolute atomic E-state index is 0.0826. The van der Waals surface area contributed by atoms with E-state index in [9.17, 15) is 4.79 Å². The van der Waals surface area contributed by atoms with Gasteiger partial charge in [-0.2, -0.15) is 0 Å². The summed E-state index contributed by atoms with van der Waals surface area (Å²) in [7, 11) is 4.25. The maximum absolute atomic E-state index is 13.1. The molecule has 6 heteroatoms. The van der Waals surface area contributed by atoms with Crippen molar-refractivity contribution in [3.05, 3.63) is 18.6 Å². The van der Waals surface area contributed by atoms with E-state index in [0.717, 1.165) is 51.3 Å². The van der Waals surface area contributed by atoms with E-state index in [2.05, 4.69) is 45.7 Å². The molecule has 0 N–H and O–H groups in total. The molecule has 1 aromatic heterocycles. The van der Waals surface area contributed by atoms with Crippen LogP contribution in [0.4, 0.5) is 5.82 Å². The molecule has 3 heterocycles. The molecule has 1 amide bonds. The second-order valence-electron chi connectivity index (χ2n) is 7.29. The second-order valence-corrected chi connectivity index (χ2v) is 7.29. The van der Waals surface area contributed by atoms with E-state index in [0.29, 0.717) is 17.9 Å². The number of carbonyl (C=O) groups excluding carboxylic acids is 1. The maximum Gasteiger partial charge on any atom is 0.227 e. The second kappa shape index (κ2) is 7.47. The lowest BCUT2D eigenvalue weighted by Gasteiger charge is -2.34.